The van der Waals surface area contributed by atoms with E-state index in [1.807, 2.05) is 12.3 Å². The molecule has 0 atom stereocenters. The molecule has 0 radical (unpaired) electrons. The Labute approximate surface area is 176 Å². The van der Waals surface area contributed by atoms with Crippen molar-refractivity contribution in [3.05, 3.63) is 46.7 Å². The molecule has 26 heavy (non-hydrogen) atoms. The Hall–Kier alpha value is -1.33. The highest BCUT2D eigenvalue weighted by Gasteiger charge is 2.06. The van der Waals surface area contributed by atoms with Crippen LogP contribution in [0.2, 0.25) is 0 Å². The predicted molar refractivity (Wildman–Crippen MR) is 118 cm³/mol. The number of ether oxygens (including phenoxy) is 1. The summed E-state index contributed by atoms with van der Waals surface area (Å²) < 4.78 is 28.4. The third-order valence-electron chi connectivity index (χ3n) is 3.26. The van der Waals surface area contributed by atoms with Crippen LogP contribution in [0.4, 0.5) is 0 Å². The molecule has 0 bridgehead atoms. The predicted octanol–water partition coefficient (Wildman–Crippen LogP) is 2.90. The zero-order chi connectivity index (χ0) is 18.1. The zero-order valence-corrected chi connectivity index (χ0v) is 18.7. The summed E-state index contributed by atoms with van der Waals surface area (Å²) in [6.07, 6.45) is 1.18. The van der Waals surface area contributed by atoms with Crippen molar-refractivity contribution < 1.29 is 13.2 Å². The van der Waals surface area contributed by atoms with Gasteiger partial charge in [-0.2, -0.15) is 11.3 Å². The monoisotopic (exact) mass is 509 g/mol. The van der Waals surface area contributed by atoms with Crippen molar-refractivity contribution >= 4 is 51.1 Å². The van der Waals surface area contributed by atoms with Crippen molar-refractivity contribution in [3.63, 3.8) is 0 Å². The highest BCUT2D eigenvalue weighted by atomic mass is 127. The number of benzene rings is 1. The Bertz CT molecular complexity index is 776. The van der Waals surface area contributed by atoms with Crippen LogP contribution in [-0.2, 0) is 16.4 Å². The van der Waals surface area contributed by atoms with Crippen molar-refractivity contribution in [2.24, 2.45) is 4.99 Å². The van der Waals surface area contributed by atoms with Gasteiger partial charge < -0.3 is 15.4 Å². The number of guanidine groups is 1. The van der Waals surface area contributed by atoms with Crippen molar-refractivity contribution in [1.29, 1.82) is 0 Å². The molecule has 0 saturated heterocycles. The van der Waals surface area contributed by atoms with E-state index in [9.17, 15) is 8.42 Å². The molecule has 0 amide bonds. The molecule has 1 aromatic carbocycles. The lowest BCUT2D eigenvalue weighted by Gasteiger charge is -2.12. The summed E-state index contributed by atoms with van der Waals surface area (Å²) in [4.78, 5) is 4.80. The summed E-state index contributed by atoms with van der Waals surface area (Å²) in [5.74, 6) is 1.37. The molecule has 0 fully saturated rings. The molecule has 2 N–H and O–H groups in total. The van der Waals surface area contributed by atoms with Crippen LogP contribution in [0.1, 0.15) is 12.5 Å². The molecule has 1 aromatic heterocycles. The van der Waals surface area contributed by atoms with Crippen LogP contribution in [-0.4, -0.2) is 40.3 Å². The number of sulfone groups is 1. The van der Waals surface area contributed by atoms with E-state index in [1.165, 1.54) is 11.8 Å². The lowest BCUT2D eigenvalue weighted by Crippen LogP contribution is -2.39. The fourth-order valence-electron chi connectivity index (χ4n) is 2.02. The first-order valence-electron chi connectivity index (χ1n) is 7.95. The van der Waals surface area contributed by atoms with E-state index in [0.29, 0.717) is 25.4 Å². The summed E-state index contributed by atoms with van der Waals surface area (Å²) in [5.41, 5.74) is 1.18. The minimum Gasteiger partial charge on any atom is -0.492 e. The fourth-order valence-corrected chi connectivity index (χ4v) is 3.31. The number of halogens is 1. The number of hydrogen-bond acceptors (Lipinski definition) is 5. The third-order valence-corrected chi connectivity index (χ3v) is 5.12. The van der Waals surface area contributed by atoms with E-state index >= 15 is 0 Å². The van der Waals surface area contributed by atoms with Crippen molar-refractivity contribution in [2.75, 3.05) is 26.0 Å². The first-order valence-corrected chi connectivity index (χ1v) is 10.8. The lowest BCUT2D eigenvalue weighted by atomic mass is 10.3. The van der Waals surface area contributed by atoms with Gasteiger partial charge in [0, 0.05) is 12.8 Å². The molecular weight excluding hydrogens is 485 g/mol. The summed E-state index contributed by atoms with van der Waals surface area (Å²) in [7, 11) is -3.18. The van der Waals surface area contributed by atoms with Gasteiger partial charge in [0.2, 0.25) is 0 Å². The summed E-state index contributed by atoms with van der Waals surface area (Å²) in [6, 6.07) is 8.47. The molecule has 0 spiro atoms. The van der Waals surface area contributed by atoms with Crippen LogP contribution in [0.3, 0.4) is 0 Å². The molecule has 9 heteroatoms. The minimum atomic E-state index is -3.18. The highest BCUT2D eigenvalue weighted by molar-refractivity contribution is 14.0. The van der Waals surface area contributed by atoms with E-state index in [1.54, 1.807) is 35.6 Å². The highest BCUT2D eigenvalue weighted by Crippen LogP contribution is 2.15. The van der Waals surface area contributed by atoms with E-state index in [0.717, 1.165) is 12.5 Å². The van der Waals surface area contributed by atoms with Crippen LogP contribution in [0.25, 0.3) is 0 Å². The maximum Gasteiger partial charge on any atom is 0.191 e. The van der Waals surface area contributed by atoms with Crippen molar-refractivity contribution in [1.82, 2.24) is 10.6 Å². The van der Waals surface area contributed by atoms with Gasteiger partial charge in [0.1, 0.15) is 12.4 Å². The molecule has 0 aliphatic rings. The van der Waals surface area contributed by atoms with Gasteiger partial charge in [-0.05, 0) is 53.6 Å². The first-order chi connectivity index (χ1) is 12.0. The lowest BCUT2D eigenvalue weighted by molar-refractivity contribution is 0.321. The number of aliphatic imine (C=N–C) groups is 1. The Kier molecular flexibility index (Phi) is 9.96. The number of hydrogen-bond donors (Lipinski definition) is 2. The topological polar surface area (TPSA) is 79.8 Å². The van der Waals surface area contributed by atoms with Crippen LogP contribution in [0.5, 0.6) is 5.75 Å². The summed E-state index contributed by atoms with van der Waals surface area (Å²) in [6.45, 7) is 4.46. The second kappa shape index (κ2) is 11.4. The van der Waals surface area contributed by atoms with Gasteiger partial charge in [-0.25, -0.2) is 13.4 Å². The number of nitrogens with zero attached hydrogens (tertiary/aromatic N) is 1. The fraction of sp³-hybridized carbons (Fsp3) is 0.353. The summed E-state index contributed by atoms with van der Waals surface area (Å²) >= 11 is 1.66. The maximum atomic E-state index is 11.4. The zero-order valence-electron chi connectivity index (χ0n) is 14.8. The quantitative estimate of drug-likeness (QED) is 0.248. The van der Waals surface area contributed by atoms with Gasteiger partial charge in [0.05, 0.1) is 18.0 Å². The van der Waals surface area contributed by atoms with Crippen LogP contribution in [0, 0.1) is 0 Å². The molecule has 0 aliphatic carbocycles. The van der Waals surface area contributed by atoms with Gasteiger partial charge in [-0.1, -0.05) is 0 Å². The molecule has 2 rings (SSSR count). The largest absolute Gasteiger partial charge is 0.492 e. The smallest absolute Gasteiger partial charge is 0.191 e. The molecule has 6 nitrogen and oxygen atoms in total. The van der Waals surface area contributed by atoms with Crippen LogP contribution >= 0.6 is 35.3 Å². The average Bonchev–Trinajstić information content (AvgIpc) is 3.09. The minimum absolute atomic E-state index is 0. The van der Waals surface area contributed by atoms with E-state index in [-0.39, 0.29) is 28.9 Å². The molecular formula is C17H24IN3O3S2. The molecule has 2 aromatic rings. The molecule has 0 aliphatic heterocycles. The van der Waals surface area contributed by atoms with Gasteiger partial charge >= 0.3 is 0 Å². The Morgan fingerprint density at radius 2 is 1.92 bits per heavy atom. The van der Waals surface area contributed by atoms with Crippen molar-refractivity contribution in [3.8, 4) is 5.75 Å². The van der Waals surface area contributed by atoms with Gasteiger partial charge in [0.25, 0.3) is 0 Å². The Morgan fingerprint density at radius 3 is 2.50 bits per heavy atom. The first kappa shape index (κ1) is 22.7. The third kappa shape index (κ3) is 7.92. The van der Waals surface area contributed by atoms with E-state index in [2.05, 4.69) is 27.1 Å². The van der Waals surface area contributed by atoms with Crippen molar-refractivity contribution in [2.45, 2.75) is 18.4 Å². The molecule has 0 saturated carbocycles. The number of nitrogens with one attached hydrogen (secondary N) is 2. The second-order valence-electron chi connectivity index (χ2n) is 5.35. The normalized spacial score (nSPS) is 11.5. The van der Waals surface area contributed by atoms with E-state index in [4.69, 9.17) is 4.74 Å². The standard InChI is InChI=1S/C17H23N3O3S2.HI/c1-3-18-17(20-12-14-8-11-24-13-14)19-9-10-23-15-4-6-16(7-5-15)25(2,21)22;/h4-8,11,13H,3,9-10,12H2,1-2H3,(H2,18,19,20);1H. The SMILES string of the molecule is CCNC(=NCc1ccsc1)NCCOc1ccc(S(C)(=O)=O)cc1.I. The van der Waals surface area contributed by atoms with Crippen LogP contribution in [0.15, 0.2) is 51.0 Å². The van der Waals surface area contributed by atoms with Gasteiger partial charge in [-0.15, -0.1) is 24.0 Å². The van der Waals surface area contributed by atoms with Crippen LogP contribution < -0.4 is 15.4 Å². The van der Waals surface area contributed by atoms with Gasteiger partial charge in [0.15, 0.2) is 15.8 Å². The maximum absolute atomic E-state index is 11.4. The second-order valence-corrected chi connectivity index (χ2v) is 8.14. The van der Waals surface area contributed by atoms with E-state index < -0.39 is 9.84 Å². The molecule has 1 heterocycles. The Balaban J connectivity index is 0.00000338. The Morgan fingerprint density at radius 1 is 1.19 bits per heavy atom. The average molecular weight is 509 g/mol. The molecule has 0 unspecified atom stereocenters. The van der Waals surface area contributed by atoms with Gasteiger partial charge in [-0.3, -0.25) is 0 Å². The number of thiophene rings is 1. The summed E-state index contributed by atoms with van der Waals surface area (Å²) in [5, 5.41) is 10.5. The molecule has 144 valence electrons. The number of rotatable bonds is 8.